The van der Waals surface area contributed by atoms with Gasteiger partial charge in [-0.3, -0.25) is 0 Å². The molecule has 0 heterocycles. The Kier molecular flexibility index (Phi) is 3.13. The van der Waals surface area contributed by atoms with Crippen LogP contribution in [0.5, 0.6) is 0 Å². The molecule has 0 radical (unpaired) electrons. The number of hydrogen-bond acceptors (Lipinski definition) is 1. The van der Waals surface area contributed by atoms with Crippen molar-refractivity contribution in [2.75, 3.05) is 6.54 Å². The highest BCUT2D eigenvalue weighted by atomic mass is 15.0. The van der Waals surface area contributed by atoms with Gasteiger partial charge in [0.2, 0.25) is 0 Å². The van der Waals surface area contributed by atoms with Crippen molar-refractivity contribution in [1.29, 1.82) is 0 Å². The van der Waals surface area contributed by atoms with Crippen LogP contribution in [-0.4, -0.2) is 12.6 Å². The molecule has 0 spiro atoms. The molecule has 0 aromatic rings. The van der Waals surface area contributed by atoms with Crippen LogP contribution < -0.4 is 5.32 Å². The Balaban J connectivity index is 2.01. The smallest absolute Gasteiger partial charge is 0.0164 e. The SMILES string of the molecule is C=C(CC)CNC1CC1CC. The van der Waals surface area contributed by atoms with Crippen molar-refractivity contribution in [2.24, 2.45) is 5.92 Å². The third-order valence-electron chi connectivity index (χ3n) is 2.56. The molecule has 1 aliphatic carbocycles. The summed E-state index contributed by atoms with van der Waals surface area (Å²) >= 11 is 0. The maximum atomic E-state index is 3.96. The van der Waals surface area contributed by atoms with E-state index in [9.17, 15) is 0 Å². The molecule has 0 aromatic heterocycles. The highest BCUT2D eigenvalue weighted by Crippen LogP contribution is 2.32. The molecule has 0 saturated heterocycles. The molecule has 0 bridgehead atoms. The van der Waals surface area contributed by atoms with Crippen molar-refractivity contribution in [2.45, 2.75) is 39.2 Å². The largest absolute Gasteiger partial charge is 0.310 e. The summed E-state index contributed by atoms with van der Waals surface area (Å²) in [6.45, 7) is 9.41. The lowest BCUT2D eigenvalue weighted by Crippen LogP contribution is -2.20. The predicted molar refractivity (Wildman–Crippen MR) is 49.6 cm³/mol. The Morgan fingerprint density at radius 2 is 2.27 bits per heavy atom. The van der Waals surface area contributed by atoms with Gasteiger partial charge < -0.3 is 5.32 Å². The van der Waals surface area contributed by atoms with E-state index in [1.165, 1.54) is 18.4 Å². The third kappa shape index (κ3) is 2.66. The van der Waals surface area contributed by atoms with Crippen molar-refractivity contribution < 1.29 is 0 Å². The molecule has 1 saturated carbocycles. The average molecular weight is 153 g/mol. The maximum absolute atomic E-state index is 3.96. The van der Waals surface area contributed by atoms with E-state index in [2.05, 4.69) is 25.7 Å². The van der Waals surface area contributed by atoms with Gasteiger partial charge in [0.25, 0.3) is 0 Å². The first-order valence-corrected chi connectivity index (χ1v) is 4.68. The Labute approximate surface area is 69.9 Å². The second-order valence-corrected chi connectivity index (χ2v) is 3.49. The summed E-state index contributed by atoms with van der Waals surface area (Å²) in [5, 5.41) is 3.51. The predicted octanol–water partition coefficient (Wildman–Crippen LogP) is 2.34. The van der Waals surface area contributed by atoms with E-state index in [0.717, 1.165) is 24.9 Å². The molecule has 2 atom stereocenters. The van der Waals surface area contributed by atoms with E-state index in [4.69, 9.17) is 0 Å². The quantitative estimate of drug-likeness (QED) is 0.598. The zero-order valence-electron chi connectivity index (χ0n) is 7.69. The van der Waals surface area contributed by atoms with Crippen LogP contribution in [0.2, 0.25) is 0 Å². The summed E-state index contributed by atoms with van der Waals surface area (Å²) < 4.78 is 0. The minimum atomic E-state index is 0.809. The Hall–Kier alpha value is -0.300. The van der Waals surface area contributed by atoms with Crippen LogP contribution in [-0.2, 0) is 0 Å². The Bertz CT molecular complexity index is 140. The molecule has 1 rings (SSSR count). The summed E-state index contributed by atoms with van der Waals surface area (Å²) in [4.78, 5) is 0. The number of hydrogen-bond donors (Lipinski definition) is 1. The zero-order chi connectivity index (χ0) is 8.27. The molecular weight excluding hydrogens is 134 g/mol. The van der Waals surface area contributed by atoms with E-state index >= 15 is 0 Å². The van der Waals surface area contributed by atoms with Crippen LogP contribution in [0.15, 0.2) is 12.2 Å². The molecular formula is C10H19N. The second-order valence-electron chi connectivity index (χ2n) is 3.49. The highest BCUT2D eigenvalue weighted by Gasteiger charge is 2.34. The van der Waals surface area contributed by atoms with Crippen molar-refractivity contribution in [3.8, 4) is 0 Å². The maximum Gasteiger partial charge on any atom is 0.0164 e. The normalized spacial score (nSPS) is 28.5. The van der Waals surface area contributed by atoms with Gasteiger partial charge in [0, 0.05) is 12.6 Å². The van der Waals surface area contributed by atoms with Crippen molar-refractivity contribution >= 4 is 0 Å². The van der Waals surface area contributed by atoms with Gasteiger partial charge in [0.15, 0.2) is 0 Å². The first-order valence-electron chi connectivity index (χ1n) is 4.68. The summed E-state index contributed by atoms with van der Waals surface area (Å²) in [5.41, 5.74) is 1.33. The monoisotopic (exact) mass is 153 g/mol. The van der Waals surface area contributed by atoms with Gasteiger partial charge in [-0.1, -0.05) is 32.4 Å². The van der Waals surface area contributed by atoms with Crippen LogP contribution in [0.25, 0.3) is 0 Å². The second kappa shape index (κ2) is 3.91. The van der Waals surface area contributed by atoms with E-state index < -0.39 is 0 Å². The minimum absolute atomic E-state index is 0.809. The summed E-state index contributed by atoms with van der Waals surface area (Å²) in [7, 11) is 0. The van der Waals surface area contributed by atoms with Crippen LogP contribution in [0, 0.1) is 5.92 Å². The van der Waals surface area contributed by atoms with Crippen LogP contribution in [0.1, 0.15) is 33.1 Å². The molecule has 64 valence electrons. The molecule has 2 unspecified atom stereocenters. The van der Waals surface area contributed by atoms with Gasteiger partial charge in [-0.2, -0.15) is 0 Å². The molecule has 11 heavy (non-hydrogen) atoms. The Morgan fingerprint density at radius 1 is 1.55 bits per heavy atom. The lowest BCUT2D eigenvalue weighted by Gasteiger charge is -2.03. The fraction of sp³-hybridized carbons (Fsp3) is 0.800. The van der Waals surface area contributed by atoms with E-state index in [0.29, 0.717) is 0 Å². The van der Waals surface area contributed by atoms with Gasteiger partial charge in [0.1, 0.15) is 0 Å². The molecule has 1 N–H and O–H groups in total. The lowest BCUT2D eigenvalue weighted by molar-refractivity contribution is 0.647. The lowest BCUT2D eigenvalue weighted by atomic mass is 10.2. The fourth-order valence-corrected chi connectivity index (χ4v) is 1.35. The van der Waals surface area contributed by atoms with E-state index in [1.807, 2.05) is 0 Å². The molecule has 1 fully saturated rings. The molecule has 0 aliphatic heterocycles. The van der Waals surface area contributed by atoms with Gasteiger partial charge >= 0.3 is 0 Å². The summed E-state index contributed by atoms with van der Waals surface area (Å²) in [6, 6.07) is 0.809. The van der Waals surface area contributed by atoms with Gasteiger partial charge in [0.05, 0.1) is 0 Å². The van der Waals surface area contributed by atoms with Crippen LogP contribution in [0.4, 0.5) is 0 Å². The van der Waals surface area contributed by atoms with Crippen LogP contribution >= 0.6 is 0 Å². The Morgan fingerprint density at radius 3 is 2.73 bits per heavy atom. The highest BCUT2D eigenvalue weighted by molar-refractivity contribution is 5.00. The van der Waals surface area contributed by atoms with Crippen molar-refractivity contribution in [3.05, 3.63) is 12.2 Å². The minimum Gasteiger partial charge on any atom is -0.310 e. The van der Waals surface area contributed by atoms with Gasteiger partial charge in [-0.25, -0.2) is 0 Å². The van der Waals surface area contributed by atoms with E-state index in [-0.39, 0.29) is 0 Å². The first-order chi connectivity index (χ1) is 5.27. The van der Waals surface area contributed by atoms with Crippen molar-refractivity contribution in [1.82, 2.24) is 5.32 Å². The average Bonchev–Trinajstić information content (AvgIpc) is 2.78. The molecule has 1 aliphatic rings. The van der Waals surface area contributed by atoms with Gasteiger partial charge in [-0.05, 0) is 18.8 Å². The number of rotatable bonds is 5. The van der Waals surface area contributed by atoms with Gasteiger partial charge in [-0.15, -0.1) is 0 Å². The third-order valence-corrected chi connectivity index (χ3v) is 2.56. The van der Waals surface area contributed by atoms with Crippen molar-refractivity contribution in [3.63, 3.8) is 0 Å². The summed E-state index contributed by atoms with van der Waals surface area (Å²) in [5.74, 6) is 0.958. The molecule has 1 nitrogen and oxygen atoms in total. The van der Waals surface area contributed by atoms with E-state index in [1.54, 1.807) is 0 Å². The topological polar surface area (TPSA) is 12.0 Å². The standard InChI is InChI=1S/C10H19N/c1-4-8(3)7-11-10-6-9(10)5-2/h9-11H,3-7H2,1-2H3. The zero-order valence-corrected chi connectivity index (χ0v) is 7.69. The van der Waals surface area contributed by atoms with Crippen LogP contribution in [0.3, 0.4) is 0 Å². The molecule has 1 heteroatoms. The summed E-state index contributed by atoms with van der Waals surface area (Å²) in [6.07, 6.45) is 3.82. The molecule has 0 aromatic carbocycles. The first kappa shape index (κ1) is 8.79. The fourth-order valence-electron chi connectivity index (χ4n) is 1.35. The number of nitrogens with one attached hydrogen (secondary N) is 1. The molecule has 0 amide bonds.